The van der Waals surface area contributed by atoms with E-state index in [0.717, 1.165) is 11.1 Å². The van der Waals surface area contributed by atoms with E-state index in [1.54, 1.807) is 13.8 Å². The lowest BCUT2D eigenvalue weighted by Gasteiger charge is -2.30. The molecule has 0 radical (unpaired) electrons. The molecule has 2 N–H and O–H groups in total. The van der Waals surface area contributed by atoms with Gasteiger partial charge in [0.05, 0.1) is 12.5 Å². The van der Waals surface area contributed by atoms with Crippen molar-refractivity contribution < 1.29 is 19.0 Å². The normalized spacial score (nSPS) is 15.2. The zero-order chi connectivity index (χ0) is 14.2. The number of carbonyl (C=O) groups is 1. The third kappa shape index (κ3) is 2.26. The number of aryl methyl sites for hydroxylation is 1. The van der Waals surface area contributed by atoms with Gasteiger partial charge in [0.2, 0.25) is 6.79 Å². The first-order chi connectivity index (χ1) is 8.87. The van der Waals surface area contributed by atoms with Gasteiger partial charge in [-0.3, -0.25) is 4.79 Å². The zero-order valence-corrected chi connectivity index (χ0v) is 11.6. The van der Waals surface area contributed by atoms with Crippen LogP contribution in [-0.4, -0.2) is 19.9 Å². The van der Waals surface area contributed by atoms with Crippen LogP contribution >= 0.6 is 0 Å². The van der Waals surface area contributed by atoms with E-state index >= 15 is 0 Å². The summed E-state index contributed by atoms with van der Waals surface area (Å²) in [6.45, 7) is 5.69. The van der Waals surface area contributed by atoms with Gasteiger partial charge in [-0.05, 0) is 44.0 Å². The number of benzene rings is 1. The largest absolute Gasteiger partial charge is 0.469 e. The van der Waals surface area contributed by atoms with E-state index in [1.165, 1.54) is 7.11 Å². The number of fused-ring (bicyclic) bond motifs is 1. The van der Waals surface area contributed by atoms with Crippen LogP contribution in [0.4, 0.5) is 0 Å². The summed E-state index contributed by atoms with van der Waals surface area (Å²) < 4.78 is 15.5. The predicted molar refractivity (Wildman–Crippen MR) is 70.0 cm³/mol. The van der Waals surface area contributed by atoms with Crippen LogP contribution in [0.2, 0.25) is 0 Å². The second-order valence-corrected chi connectivity index (χ2v) is 5.25. The Labute approximate surface area is 112 Å². The molecule has 0 fully saturated rings. The van der Waals surface area contributed by atoms with Crippen molar-refractivity contribution in [1.29, 1.82) is 0 Å². The molecule has 1 aromatic rings. The molecule has 5 nitrogen and oxygen atoms in total. The summed E-state index contributed by atoms with van der Waals surface area (Å²) in [7, 11) is 1.36. The van der Waals surface area contributed by atoms with Crippen LogP contribution in [-0.2, 0) is 9.53 Å². The Balaban J connectivity index is 2.39. The van der Waals surface area contributed by atoms with Crippen LogP contribution in [0.3, 0.4) is 0 Å². The second kappa shape index (κ2) is 4.74. The van der Waals surface area contributed by atoms with Crippen LogP contribution in [0, 0.1) is 12.3 Å². The predicted octanol–water partition coefficient (Wildman–Crippen LogP) is 1.92. The fourth-order valence-corrected chi connectivity index (χ4v) is 2.17. The highest BCUT2D eigenvalue weighted by Crippen LogP contribution is 2.40. The third-order valence-electron chi connectivity index (χ3n) is 3.59. The van der Waals surface area contributed by atoms with Gasteiger partial charge in [-0.15, -0.1) is 0 Å². The molecule has 0 bridgehead atoms. The molecule has 0 aliphatic carbocycles. The summed E-state index contributed by atoms with van der Waals surface area (Å²) in [5.74, 6) is 1.04. The van der Waals surface area contributed by atoms with E-state index in [2.05, 4.69) is 0 Å². The van der Waals surface area contributed by atoms with E-state index in [4.69, 9.17) is 19.9 Å². The Hall–Kier alpha value is -1.75. The van der Waals surface area contributed by atoms with Crippen molar-refractivity contribution in [1.82, 2.24) is 0 Å². The van der Waals surface area contributed by atoms with Gasteiger partial charge in [-0.2, -0.15) is 0 Å². The maximum atomic E-state index is 11.8. The lowest BCUT2D eigenvalue weighted by molar-refractivity contribution is -0.152. The number of ether oxygens (including phenoxy) is 3. The monoisotopic (exact) mass is 265 g/mol. The fourth-order valence-electron chi connectivity index (χ4n) is 2.17. The second-order valence-electron chi connectivity index (χ2n) is 5.25. The highest BCUT2D eigenvalue weighted by atomic mass is 16.7. The van der Waals surface area contributed by atoms with E-state index in [-0.39, 0.29) is 12.8 Å². The number of hydrogen-bond donors (Lipinski definition) is 1. The van der Waals surface area contributed by atoms with Crippen LogP contribution in [0.15, 0.2) is 12.1 Å². The summed E-state index contributed by atoms with van der Waals surface area (Å²) in [5.41, 5.74) is 7.26. The smallest absolute Gasteiger partial charge is 0.313 e. The van der Waals surface area contributed by atoms with Crippen LogP contribution in [0.25, 0.3) is 0 Å². The highest BCUT2D eigenvalue weighted by molar-refractivity contribution is 5.77. The maximum absolute atomic E-state index is 11.8. The quantitative estimate of drug-likeness (QED) is 0.845. The summed E-state index contributed by atoms with van der Waals surface area (Å²) in [4.78, 5) is 11.8. The van der Waals surface area contributed by atoms with Gasteiger partial charge in [0.15, 0.2) is 11.5 Å². The Morgan fingerprint density at radius 3 is 2.53 bits per heavy atom. The van der Waals surface area contributed by atoms with Gasteiger partial charge in [-0.1, -0.05) is 0 Å². The lowest BCUT2D eigenvalue weighted by Crippen LogP contribution is -2.37. The summed E-state index contributed by atoms with van der Waals surface area (Å²) in [6.07, 6.45) is 0. The number of rotatable bonds is 3. The standard InChI is InChI=1S/C14H19NO4/c1-8-5-10-11(19-7-18-10)6-9(8)12(15)14(2,3)13(16)17-4/h5-6,12H,7,15H2,1-4H3. The van der Waals surface area contributed by atoms with Crippen molar-refractivity contribution in [2.24, 2.45) is 11.1 Å². The Morgan fingerprint density at radius 1 is 1.37 bits per heavy atom. The summed E-state index contributed by atoms with van der Waals surface area (Å²) in [5, 5.41) is 0. The molecule has 1 atom stereocenters. The van der Waals surface area contributed by atoms with Crippen molar-refractivity contribution in [3.63, 3.8) is 0 Å². The van der Waals surface area contributed by atoms with E-state index in [9.17, 15) is 4.79 Å². The molecule has 19 heavy (non-hydrogen) atoms. The van der Waals surface area contributed by atoms with Crippen LogP contribution in [0.1, 0.15) is 31.0 Å². The average Bonchev–Trinajstić information content (AvgIpc) is 2.82. The van der Waals surface area contributed by atoms with Gasteiger partial charge in [0.25, 0.3) is 0 Å². The summed E-state index contributed by atoms with van der Waals surface area (Å²) in [6, 6.07) is 3.24. The summed E-state index contributed by atoms with van der Waals surface area (Å²) >= 11 is 0. The molecule has 0 saturated heterocycles. The number of hydrogen-bond acceptors (Lipinski definition) is 5. The number of esters is 1. The van der Waals surface area contributed by atoms with E-state index in [0.29, 0.717) is 11.5 Å². The first kappa shape index (κ1) is 13.7. The zero-order valence-electron chi connectivity index (χ0n) is 11.6. The molecule has 5 heteroatoms. The molecule has 0 spiro atoms. The molecule has 1 aliphatic rings. The molecule has 1 heterocycles. The van der Waals surface area contributed by atoms with Crippen molar-refractivity contribution in [3.05, 3.63) is 23.3 Å². The minimum atomic E-state index is -0.812. The van der Waals surface area contributed by atoms with Gasteiger partial charge in [-0.25, -0.2) is 0 Å². The molecule has 1 unspecified atom stereocenters. The Bertz CT molecular complexity index is 510. The SMILES string of the molecule is COC(=O)C(C)(C)C(N)c1cc2c(cc1C)OCO2. The van der Waals surface area contributed by atoms with Crippen LogP contribution < -0.4 is 15.2 Å². The third-order valence-corrected chi connectivity index (χ3v) is 3.59. The topological polar surface area (TPSA) is 70.8 Å². The van der Waals surface area contributed by atoms with Crippen molar-refractivity contribution in [3.8, 4) is 11.5 Å². The molecule has 104 valence electrons. The van der Waals surface area contributed by atoms with Gasteiger partial charge in [0, 0.05) is 6.04 Å². The molecule has 0 saturated carbocycles. The Kier molecular flexibility index (Phi) is 3.41. The molecular weight excluding hydrogens is 246 g/mol. The molecule has 1 aliphatic heterocycles. The first-order valence-corrected chi connectivity index (χ1v) is 6.12. The van der Waals surface area contributed by atoms with Crippen LogP contribution in [0.5, 0.6) is 11.5 Å². The van der Waals surface area contributed by atoms with Gasteiger partial charge in [0.1, 0.15) is 0 Å². The van der Waals surface area contributed by atoms with E-state index in [1.807, 2.05) is 19.1 Å². The Morgan fingerprint density at radius 2 is 1.95 bits per heavy atom. The highest BCUT2D eigenvalue weighted by Gasteiger charge is 2.37. The first-order valence-electron chi connectivity index (χ1n) is 6.12. The molecular formula is C14H19NO4. The van der Waals surface area contributed by atoms with Crippen molar-refractivity contribution in [2.45, 2.75) is 26.8 Å². The van der Waals surface area contributed by atoms with E-state index < -0.39 is 11.5 Å². The van der Waals surface area contributed by atoms with Gasteiger partial charge < -0.3 is 19.9 Å². The van der Waals surface area contributed by atoms with Crippen molar-refractivity contribution >= 4 is 5.97 Å². The minimum absolute atomic E-state index is 0.216. The number of nitrogens with two attached hydrogens (primary N) is 1. The fraction of sp³-hybridized carbons (Fsp3) is 0.500. The molecule has 1 aromatic carbocycles. The lowest BCUT2D eigenvalue weighted by atomic mass is 9.79. The van der Waals surface area contributed by atoms with Crippen molar-refractivity contribution in [2.75, 3.05) is 13.9 Å². The molecule has 0 aromatic heterocycles. The maximum Gasteiger partial charge on any atom is 0.313 e. The van der Waals surface area contributed by atoms with Gasteiger partial charge >= 0.3 is 5.97 Å². The minimum Gasteiger partial charge on any atom is -0.469 e. The molecule has 2 rings (SSSR count). The number of carbonyl (C=O) groups excluding carboxylic acids is 1. The number of methoxy groups -OCH3 is 1. The molecule has 0 amide bonds. The average molecular weight is 265 g/mol.